The molecule has 2 aliphatic carbocycles. The molecule has 0 saturated heterocycles. The molecule has 4 aromatic rings. The van der Waals surface area contributed by atoms with E-state index < -0.39 is 0 Å². The van der Waals surface area contributed by atoms with E-state index in [1.165, 1.54) is 77.5 Å². The first kappa shape index (κ1) is 28.3. The van der Waals surface area contributed by atoms with Crippen LogP contribution in [0.5, 0.6) is 0 Å². The van der Waals surface area contributed by atoms with Gasteiger partial charge in [-0.1, -0.05) is 60.9 Å². The zero-order valence-corrected chi connectivity index (χ0v) is 24.2. The predicted molar refractivity (Wildman–Crippen MR) is 141 cm³/mol. The van der Waals surface area contributed by atoms with Gasteiger partial charge in [-0.2, -0.15) is 0 Å². The monoisotopic (exact) mass is 583 g/mol. The van der Waals surface area contributed by atoms with E-state index in [0.29, 0.717) is 0 Å². The van der Waals surface area contributed by atoms with Crippen molar-refractivity contribution in [3.05, 3.63) is 149 Å². The van der Waals surface area contributed by atoms with Gasteiger partial charge in [0, 0.05) is 0 Å². The summed E-state index contributed by atoms with van der Waals surface area (Å²) in [5.74, 6) is 0. The molecule has 0 amide bonds. The quantitative estimate of drug-likeness (QED) is 0.282. The van der Waals surface area contributed by atoms with Crippen LogP contribution in [0.15, 0.2) is 109 Å². The standard InChI is InChI=1S/C20H17.C13H10.2ClH.Zr/c1-2-14-12-20-17(11-16-9-5-6-10-18(16)20)13-19(14)15-7-3-4-8-15;1-3-7-12(8-4-1)11-13-9-5-2-6-10-13;;;/h3-7,9-10,12H,2,8,11H2,1H3;1-10H;2*1H;/q-1;;;;+2/p-2. The van der Waals surface area contributed by atoms with Crippen molar-refractivity contribution < 1.29 is 49.0 Å². The van der Waals surface area contributed by atoms with E-state index in [9.17, 15) is 0 Å². The first-order valence-electron chi connectivity index (χ1n) is 12.0. The van der Waals surface area contributed by atoms with Gasteiger partial charge in [-0.15, -0.1) is 40.5 Å². The molecule has 0 bridgehead atoms. The molecule has 4 aromatic carbocycles. The number of hydrogen-bond acceptors (Lipinski definition) is 0. The van der Waals surface area contributed by atoms with Gasteiger partial charge in [0.15, 0.2) is 0 Å². The van der Waals surface area contributed by atoms with Crippen molar-refractivity contribution in [2.45, 2.75) is 26.2 Å². The van der Waals surface area contributed by atoms with Crippen LogP contribution < -0.4 is 24.8 Å². The summed E-state index contributed by atoms with van der Waals surface area (Å²) < 4.78 is 1.42. The van der Waals surface area contributed by atoms with Crippen LogP contribution in [0.4, 0.5) is 0 Å². The van der Waals surface area contributed by atoms with Gasteiger partial charge in [0.2, 0.25) is 0 Å². The normalized spacial score (nSPS) is 12.2. The summed E-state index contributed by atoms with van der Waals surface area (Å²) in [6.45, 7) is 2.24. The number of rotatable bonds is 4. The maximum absolute atomic E-state index is 3.72. The number of allylic oxidation sites excluding steroid dienone is 4. The molecule has 0 nitrogen and oxygen atoms in total. The second-order valence-corrected chi connectivity index (χ2v) is 9.91. The summed E-state index contributed by atoms with van der Waals surface area (Å²) in [7, 11) is 0. The van der Waals surface area contributed by atoms with Crippen LogP contribution in [0.25, 0.3) is 16.7 Å². The molecule has 0 fully saturated rings. The van der Waals surface area contributed by atoms with E-state index in [2.05, 4.69) is 122 Å². The van der Waals surface area contributed by atoms with Crippen LogP contribution in [-0.4, -0.2) is 3.21 Å². The fourth-order valence-electron chi connectivity index (χ4n) is 4.71. The minimum atomic E-state index is 0. The number of benzene rings is 4. The summed E-state index contributed by atoms with van der Waals surface area (Å²) in [4.78, 5) is 0. The summed E-state index contributed by atoms with van der Waals surface area (Å²) in [5, 5.41) is 0. The second-order valence-electron chi connectivity index (χ2n) is 8.68. The second kappa shape index (κ2) is 13.3. The summed E-state index contributed by atoms with van der Waals surface area (Å²) in [5.41, 5.74) is 12.4. The van der Waals surface area contributed by atoms with E-state index in [4.69, 9.17) is 0 Å². The van der Waals surface area contributed by atoms with Gasteiger partial charge in [-0.3, -0.25) is 0 Å². The van der Waals surface area contributed by atoms with E-state index in [-0.39, 0.29) is 24.8 Å². The molecule has 0 spiro atoms. The van der Waals surface area contributed by atoms with E-state index in [0.717, 1.165) is 19.3 Å². The first-order chi connectivity index (χ1) is 16.7. The minimum absolute atomic E-state index is 0. The zero-order valence-electron chi connectivity index (χ0n) is 20.3. The molecule has 0 heterocycles. The van der Waals surface area contributed by atoms with Gasteiger partial charge < -0.3 is 24.8 Å². The summed E-state index contributed by atoms with van der Waals surface area (Å²) in [6, 6.07) is 36.0. The molecule has 0 saturated carbocycles. The Morgan fingerprint density at radius 3 is 2.00 bits per heavy atom. The number of halogens is 2. The Hall–Kier alpha value is -2.31. The fourth-order valence-corrected chi connectivity index (χ4v) is 5.53. The fraction of sp³-hybridized carbons (Fsp3) is 0.121. The Kier molecular flexibility index (Phi) is 10.4. The van der Waals surface area contributed by atoms with Gasteiger partial charge in [0.1, 0.15) is 0 Å². The Morgan fingerprint density at radius 2 is 1.42 bits per heavy atom. The third-order valence-corrected chi connectivity index (χ3v) is 7.93. The average molecular weight is 586 g/mol. The molecule has 178 valence electrons. The molecular formula is C33H27Cl2Zr-. The van der Waals surface area contributed by atoms with Crippen molar-refractivity contribution in [2.24, 2.45) is 0 Å². The van der Waals surface area contributed by atoms with Crippen molar-refractivity contribution in [3.63, 3.8) is 0 Å². The van der Waals surface area contributed by atoms with Crippen LogP contribution in [0.3, 0.4) is 0 Å². The van der Waals surface area contributed by atoms with Gasteiger partial charge in [0.05, 0.1) is 0 Å². The van der Waals surface area contributed by atoms with Crippen molar-refractivity contribution in [2.75, 3.05) is 0 Å². The molecule has 6 rings (SSSR count). The van der Waals surface area contributed by atoms with Crippen LogP contribution in [-0.2, 0) is 37.1 Å². The van der Waals surface area contributed by atoms with E-state index in [1.54, 1.807) is 0 Å². The first-order valence-corrected chi connectivity index (χ1v) is 13.2. The van der Waals surface area contributed by atoms with Gasteiger partial charge in [-0.25, -0.2) is 0 Å². The molecule has 0 N–H and O–H groups in total. The Labute approximate surface area is 242 Å². The van der Waals surface area contributed by atoms with Crippen LogP contribution in [0.1, 0.15) is 46.7 Å². The van der Waals surface area contributed by atoms with Gasteiger partial charge in [0.25, 0.3) is 0 Å². The predicted octanol–water partition coefficient (Wildman–Crippen LogP) is 1.77. The third-order valence-electron chi connectivity index (χ3n) is 6.51. The number of hydrogen-bond donors (Lipinski definition) is 0. The summed E-state index contributed by atoms with van der Waals surface area (Å²) >= 11 is 1.46. The van der Waals surface area contributed by atoms with Crippen LogP contribution in [0, 0.1) is 6.07 Å². The third kappa shape index (κ3) is 6.15. The van der Waals surface area contributed by atoms with Crippen molar-refractivity contribution in [1.82, 2.24) is 0 Å². The van der Waals surface area contributed by atoms with Gasteiger partial charge >= 0.3 is 99.2 Å². The SMILES string of the molecule is CCc1cc2c([c-]c1C1=CC=CC1)Cc1ccccc1-2.[Cl-].[Cl-].[Zr+2]=[C](c1ccccc1)c1ccccc1. The molecule has 0 unspecified atom stereocenters. The Morgan fingerprint density at radius 1 is 0.806 bits per heavy atom. The van der Waals surface area contributed by atoms with Crippen LogP contribution >= 0.6 is 0 Å². The van der Waals surface area contributed by atoms with E-state index in [1.807, 2.05) is 0 Å². The van der Waals surface area contributed by atoms with E-state index >= 15 is 0 Å². The maximum atomic E-state index is 3.72. The zero-order chi connectivity index (χ0) is 23.3. The molecule has 0 radical (unpaired) electrons. The van der Waals surface area contributed by atoms with Gasteiger partial charge in [-0.05, 0) is 18.4 Å². The molecular weight excluding hydrogens is 558 g/mol. The van der Waals surface area contributed by atoms with Crippen molar-refractivity contribution in [3.8, 4) is 11.1 Å². The van der Waals surface area contributed by atoms with Crippen LogP contribution in [0.2, 0.25) is 0 Å². The molecule has 2 aliphatic rings. The number of fused-ring (bicyclic) bond motifs is 3. The summed E-state index contributed by atoms with van der Waals surface area (Å²) in [6.07, 6.45) is 9.77. The Bertz CT molecular complexity index is 1340. The molecule has 0 atom stereocenters. The topological polar surface area (TPSA) is 0 Å². The molecule has 0 aliphatic heterocycles. The average Bonchev–Trinajstić information content (AvgIpc) is 3.57. The van der Waals surface area contributed by atoms with Crippen molar-refractivity contribution >= 4 is 8.78 Å². The molecule has 36 heavy (non-hydrogen) atoms. The Balaban J connectivity index is 0.000000201. The molecule has 0 aromatic heterocycles. The van der Waals surface area contributed by atoms with Crippen molar-refractivity contribution in [1.29, 1.82) is 0 Å². The molecule has 3 heteroatoms. The number of aryl methyl sites for hydroxylation is 1.